The van der Waals surface area contributed by atoms with Crippen LogP contribution in [0.3, 0.4) is 0 Å². The van der Waals surface area contributed by atoms with E-state index in [1.54, 1.807) is 13.1 Å². The van der Waals surface area contributed by atoms with Gasteiger partial charge in [0.25, 0.3) is 5.56 Å². The van der Waals surface area contributed by atoms with Crippen LogP contribution in [0.15, 0.2) is 59.4 Å². The van der Waals surface area contributed by atoms with Gasteiger partial charge in [0.1, 0.15) is 0 Å². The molecule has 2 N–H and O–H groups in total. The molecule has 4 nitrogen and oxygen atoms in total. The van der Waals surface area contributed by atoms with Crippen molar-refractivity contribution in [1.29, 1.82) is 0 Å². The predicted molar refractivity (Wildman–Crippen MR) is 101 cm³/mol. The minimum absolute atomic E-state index is 0.0944. The number of nitrogen functional groups attached to an aromatic ring is 1. The molecule has 3 aromatic rings. The molecule has 4 rings (SSSR count). The summed E-state index contributed by atoms with van der Waals surface area (Å²) in [6.07, 6.45) is 1.02. The van der Waals surface area contributed by atoms with E-state index in [-0.39, 0.29) is 11.5 Å². The lowest BCUT2D eigenvalue weighted by atomic mass is 9.98. The molecule has 2 unspecified atom stereocenters. The molecular formula is C21H21N3O. The minimum Gasteiger partial charge on any atom is -0.369 e. The number of hydrogen-bond donors (Lipinski definition) is 1. The second-order valence-corrected chi connectivity index (χ2v) is 6.82. The van der Waals surface area contributed by atoms with E-state index in [4.69, 9.17) is 5.73 Å². The Morgan fingerprint density at radius 1 is 1.08 bits per heavy atom. The molecule has 0 amide bonds. The van der Waals surface area contributed by atoms with Gasteiger partial charge in [0, 0.05) is 19.0 Å². The van der Waals surface area contributed by atoms with E-state index in [1.807, 2.05) is 0 Å². The van der Waals surface area contributed by atoms with E-state index in [0.29, 0.717) is 11.8 Å². The van der Waals surface area contributed by atoms with Crippen LogP contribution in [0.1, 0.15) is 35.1 Å². The molecule has 1 fully saturated rings. The number of aryl methyl sites for hydroxylation is 1. The van der Waals surface area contributed by atoms with Crippen molar-refractivity contribution in [3.05, 3.63) is 81.8 Å². The summed E-state index contributed by atoms with van der Waals surface area (Å²) < 4.78 is 1.37. The first-order chi connectivity index (χ1) is 12.0. The lowest BCUT2D eigenvalue weighted by Gasteiger charge is -2.08. The molecule has 0 saturated heterocycles. The first kappa shape index (κ1) is 15.6. The summed E-state index contributed by atoms with van der Waals surface area (Å²) in [6.45, 7) is 2.13. The number of rotatable bonds is 3. The number of anilines is 1. The van der Waals surface area contributed by atoms with Crippen LogP contribution in [0.25, 0.3) is 11.1 Å². The summed E-state index contributed by atoms with van der Waals surface area (Å²) in [5, 5.41) is 0. The number of nitrogens with zero attached hydrogens (tertiary/aromatic N) is 2. The molecule has 4 heteroatoms. The van der Waals surface area contributed by atoms with E-state index in [0.717, 1.165) is 12.1 Å². The summed E-state index contributed by atoms with van der Waals surface area (Å²) in [5.74, 6) is 0.994. The molecule has 1 aliphatic carbocycles. The summed E-state index contributed by atoms with van der Waals surface area (Å²) in [5.41, 5.74) is 11.6. The highest BCUT2D eigenvalue weighted by Gasteiger charge is 2.41. The molecule has 1 aromatic heterocycles. The van der Waals surface area contributed by atoms with Crippen molar-refractivity contribution >= 4 is 5.95 Å². The van der Waals surface area contributed by atoms with Gasteiger partial charge in [-0.15, -0.1) is 0 Å². The van der Waals surface area contributed by atoms with Crippen molar-refractivity contribution in [2.45, 2.75) is 25.2 Å². The quantitative estimate of drug-likeness (QED) is 0.797. The summed E-state index contributed by atoms with van der Waals surface area (Å²) >= 11 is 0. The van der Waals surface area contributed by atoms with E-state index in [1.165, 1.54) is 26.8 Å². The Hall–Kier alpha value is -2.88. The maximum Gasteiger partial charge on any atom is 0.254 e. The van der Waals surface area contributed by atoms with Gasteiger partial charge in [-0.05, 0) is 41.5 Å². The lowest BCUT2D eigenvalue weighted by Crippen LogP contribution is -2.21. The van der Waals surface area contributed by atoms with Crippen molar-refractivity contribution in [2.75, 3.05) is 5.73 Å². The van der Waals surface area contributed by atoms with E-state index in [9.17, 15) is 4.79 Å². The fourth-order valence-corrected chi connectivity index (χ4v) is 3.46. The van der Waals surface area contributed by atoms with Gasteiger partial charge in [-0.25, -0.2) is 4.98 Å². The highest BCUT2D eigenvalue weighted by molar-refractivity contribution is 5.67. The van der Waals surface area contributed by atoms with Gasteiger partial charge >= 0.3 is 0 Å². The number of aromatic nitrogens is 2. The fourth-order valence-electron chi connectivity index (χ4n) is 3.46. The number of hydrogen-bond acceptors (Lipinski definition) is 3. The second-order valence-electron chi connectivity index (χ2n) is 6.82. The zero-order valence-corrected chi connectivity index (χ0v) is 14.4. The van der Waals surface area contributed by atoms with Crippen LogP contribution in [0.5, 0.6) is 0 Å². The first-order valence-corrected chi connectivity index (χ1v) is 8.54. The van der Waals surface area contributed by atoms with Crippen LogP contribution >= 0.6 is 0 Å². The molecule has 0 spiro atoms. The Labute approximate surface area is 147 Å². The third-order valence-corrected chi connectivity index (χ3v) is 5.15. The number of nitrogens with two attached hydrogens (primary N) is 1. The van der Waals surface area contributed by atoms with Crippen molar-refractivity contribution in [2.24, 2.45) is 7.05 Å². The van der Waals surface area contributed by atoms with Crippen molar-refractivity contribution in [1.82, 2.24) is 9.55 Å². The van der Waals surface area contributed by atoms with Gasteiger partial charge in [0.2, 0.25) is 5.95 Å². The second kappa shape index (κ2) is 5.88. The molecule has 0 aliphatic heterocycles. The molecule has 2 atom stereocenters. The lowest BCUT2D eigenvalue weighted by molar-refractivity contribution is 0.813. The van der Waals surface area contributed by atoms with E-state index in [2.05, 4.69) is 60.4 Å². The average Bonchev–Trinajstić information content (AvgIpc) is 3.41. The average molecular weight is 331 g/mol. The van der Waals surface area contributed by atoms with E-state index >= 15 is 0 Å². The molecule has 126 valence electrons. The minimum atomic E-state index is -0.0944. The number of benzene rings is 2. The summed E-state index contributed by atoms with van der Waals surface area (Å²) in [7, 11) is 1.64. The van der Waals surface area contributed by atoms with Crippen LogP contribution < -0.4 is 11.3 Å². The Bertz CT molecular complexity index is 989. The van der Waals surface area contributed by atoms with Crippen molar-refractivity contribution in [3.63, 3.8) is 0 Å². The Kier molecular flexibility index (Phi) is 3.68. The molecule has 1 saturated carbocycles. The van der Waals surface area contributed by atoms with Gasteiger partial charge in [-0.3, -0.25) is 9.36 Å². The Morgan fingerprint density at radius 3 is 2.48 bits per heavy atom. The Balaban J connectivity index is 1.57. The third kappa shape index (κ3) is 2.84. The maximum atomic E-state index is 11.9. The molecule has 25 heavy (non-hydrogen) atoms. The highest BCUT2D eigenvalue weighted by atomic mass is 16.1. The van der Waals surface area contributed by atoms with Crippen LogP contribution in [0, 0.1) is 6.92 Å². The van der Waals surface area contributed by atoms with Crippen LogP contribution in [0.4, 0.5) is 5.95 Å². The summed E-state index contributed by atoms with van der Waals surface area (Å²) in [6, 6.07) is 18.8. The third-order valence-electron chi connectivity index (χ3n) is 5.15. The van der Waals surface area contributed by atoms with Crippen LogP contribution in [-0.4, -0.2) is 9.55 Å². The normalized spacial score (nSPS) is 19.0. The fraction of sp³-hybridized carbons (Fsp3) is 0.238. The van der Waals surface area contributed by atoms with Crippen LogP contribution in [-0.2, 0) is 7.05 Å². The predicted octanol–water partition coefficient (Wildman–Crippen LogP) is 3.61. The zero-order chi connectivity index (χ0) is 17.6. The van der Waals surface area contributed by atoms with Gasteiger partial charge in [-0.2, -0.15) is 0 Å². The first-order valence-electron chi connectivity index (χ1n) is 8.54. The Morgan fingerprint density at radius 2 is 1.80 bits per heavy atom. The summed E-state index contributed by atoms with van der Waals surface area (Å²) in [4.78, 5) is 16.3. The van der Waals surface area contributed by atoms with E-state index < -0.39 is 0 Å². The molecule has 0 radical (unpaired) electrons. The van der Waals surface area contributed by atoms with Crippen LogP contribution in [0.2, 0.25) is 0 Å². The molecule has 1 heterocycles. The molecule has 1 aliphatic rings. The van der Waals surface area contributed by atoms with Gasteiger partial charge in [0.15, 0.2) is 0 Å². The standard InChI is InChI=1S/C21H21N3O/c1-13-5-3-4-6-16(13)14-7-9-15(10-8-14)17-11-18(17)19-12-20(25)24(2)21(22)23-19/h3-10,12,17-18H,11H2,1-2H3,(H2,22,23). The van der Waals surface area contributed by atoms with Crippen molar-refractivity contribution < 1.29 is 0 Å². The van der Waals surface area contributed by atoms with Crippen molar-refractivity contribution in [3.8, 4) is 11.1 Å². The molecular weight excluding hydrogens is 310 g/mol. The highest BCUT2D eigenvalue weighted by Crippen LogP contribution is 2.54. The topological polar surface area (TPSA) is 60.9 Å². The largest absolute Gasteiger partial charge is 0.369 e. The zero-order valence-electron chi connectivity index (χ0n) is 14.4. The molecule has 0 bridgehead atoms. The SMILES string of the molecule is Cc1ccccc1-c1ccc(C2CC2c2cc(=O)n(C)c(N)n2)cc1. The smallest absolute Gasteiger partial charge is 0.254 e. The monoisotopic (exact) mass is 331 g/mol. The van der Waals surface area contributed by atoms with Gasteiger partial charge < -0.3 is 5.73 Å². The maximum absolute atomic E-state index is 11.9. The molecule has 2 aromatic carbocycles. The van der Waals surface area contributed by atoms with Gasteiger partial charge in [-0.1, -0.05) is 48.5 Å². The van der Waals surface area contributed by atoms with Gasteiger partial charge in [0.05, 0.1) is 5.69 Å².